The molecule has 6 nitrogen and oxygen atoms in total. The number of carbonyl (C=O) groups excluding carboxylic acids is 3. The zero-order valence-corrected chi connectivity index (χ0v) is 24.5. The maximum absolute atomic E-state index is 11.6. The van der Waals surface area contributed by atoms with Gasteiger partial charge < -0.3 is 25.1 Å². The van der Waals surface area contributed by atoms with Gasteiger partial charge in [0, 0.05) is 18.8 Å². The SMILES string of the molecule is CCCCCCCCCCCCCCCC(=O)NC(CC(=O)[O-])C(=O)[O-].[K+].[K+]. The summed E-state index contributed by atoms with van der Waals surface area (Å²) in [6, 6.07) is -1.52. The fraction of sp³-hybridized carbons (Fsp3) is 0.850. The van der Waals surface area contributed by atoms with Gasteiger partial charge in [0.25, 0.3) is 0 Å². The number of nitrogens with one attached hydrogen (secondary N) is 1. The molecule has 0 saturated carbocycles. The smallest absolute Gasteiger partial charge is 0.550 e. The third-order valence-corrected chi connectivity index (χ3v) is 4.50. The van der Waals surface area contributed by atoms with Gasteiger partial charge in [-0.2, -0.15) is 0 Å². The van der Waals surface area contributed by atoms with Crippen LogP contribution in [0.1, 0.15) is 103 Å². The van der Waals surface area contributed by atoms with Crippen LogP contribution in [0.25, 0.3) is 0 Å². The molecular formula is C20H35K2NO5. The first-order chi connectivity index (χ1) is 12.5. The van der Waals surface area contributed by atoms with Crippen LogP contribution in [-0.2, 0) is 14.4 Å². The Hall–Kier alpha value is 1.68. The van der Waals surface area contributed by atoms with E-state index in [0.29, 0.717) is 6.42 Å². The second kappa shape index (κ2) is 24.9. The number of aliphatic carboxylic acids is 2. The quantitative estimate of drug-likeness (QED) is 0.169. The van der Waals surface area contributed by atoms with Gasteiger partial charge in [-0.25, -0.2) is 0 Å². The van der Waals surface area contributed by atoms with Gasteiger partial charge in [0.1, 0.15) is 0 Å². The van der Waals surface area contributed by atoms with Crippen LogP contribution < -0.4 is 118 Å². The van der Waals surface area contributed by atoms with Gasteiger partial charge in [0.2, 0.25) is 5.91 Å². The summed E-state index contributed by atoms with van der Waals surface area (Å²) in [7, 11) is 0. The van der Waals surface area contributed by atoms with Crippen LogP contribution in [0, 0.1) is 0 Å². The predicted octanol–water partition coefficient (Wildman–Crippen LogP) is -4.15. The predicted molar refractivity (Wildman–Crippen MR) is 96.9 cm³/mol. The molecule has 0 aliphatic heterocycles. The third-order valence-electron chi connectivity index (χ3n) is 4.50. The molecule has 0 fully saturated rings. The van der Waals surface area contributed by atoms with Crippen molar-refractivity contribution >= 4 is 17.8 Å². The van der Waals surface area contributed by atoms with Gasteiger partial charge >= 0.3 is 103 Å². The number of rotatable bonds is 18. The number of carboxylic acid groups (broad SMARTS) is 2. The molecule has 1 N–H and O–H groups in total. The van der Waals surface area contributed by atoms with Crippen molar-refractivity contribution in [2.24, 2.45) is 0 Å². The standard InChI is InChI=1S/C20H37NO5.2K/c1-2-3-4-5-6-7-8-9-10-11-12-13-14-15-18(22)21-17(20(25)26)16-19(23)24;;/h17H,2-16H2,1H3,(H,21,22)(H,23,24)(H,25,26);;/q;2*+1/p-2. The molecule has 0 saturated heterocycles. The first-order valence-electron chi connectivity index (χ1n) is 10.2. The summed E-state index contributed by atoms with van der Waals surface area (Å²) < 4.78 is 0. The monoisotopic (exact) mass is 447 g/mol. The molecule has 0 aliphatic rings. The van der Waals surface area contributed by atoms with Gasteiger partial charge in [-0.1, -0.05) is 84.0 Å². The van der Waals surface area contributed by atoms with Crippen molar-refractivity contribution in [2.45, 2.75) is 109 Å². The molecule has 152 valence electrons. The maximum Gasteiger partial charge on any atom is 1.00 e. The van der Waals surface area contributed by atoms with E-state index >= 15 is 0 Å². The number of unbranched alkanes of at least 4 members (excludes halogenated alkanes) is 12. The van der Waals surface area contributed by atoms with Gasteiger partial charge in [0.05, 0.1) is 12.0 Å². The van der Waals surface area contributed by atoms with Crippen molar-refractivity contribution in [3.63, 3.8) is 0 Å². The summed E-state index contributed by atoms with van der Waals surface area (Å²) in [5, 5.41) is 23.3. The molecule has 1 atom stereocenters. The first-order valence-corrected chi connectivity index (χ1v) is 10.2. The minimum absolute atomic E-state index is 0. The Morgan fingerprint density at radius 3 is 1.46 bits per heavy atom. The van der Waals surface area contributed by atoms with E-state index in [1.807, 2.05) is 0 Å². The molecule has 8 heteroatoms. The molecule has 1 unspecified atom stereocenters. The van der Waals surface area contributed by atoms with Crippen LogP contribution in [0.5, 0.6) is 0 Å². The number of carboxylic acids is 2. The van der Waals surface area contributed by atoms with Gasteiger partial charge in [-0.3, -0.25) is 4.79 Å². The average Bonchev–Trinajstić information content (AvgIpc) is 2.58. The largest absolute Gasteiger partial charge is 1.00 e. The minimum atomic E-state index is -1.60. The minimum Gasteiger partial charge on any atom is -0.550 e. The summed E-state index contributed by atoms with van der Waals surface area (Å²) in [6.45, 7) is 2.23. The number of hydrogen-bond donors (Lipinski definition) is 1. The summed E-state index contributed by atoms with van der Waals surface area (Å²) in [5.41, 5.74) is 0. The van der Waals surface area contributed by atoms with E-state index in [2.05, 4.69) is 12.2 Å². The van der Waals surface area contributed by atoms with Crippen molar-refractivity contribution in [3.05, 3.63) is 0 Å². The van der Waals surface area contributed by atoms with E-state index in [4.69, 9.17) is 0 Å². The van der Waals surface area contributed by atoms with Crippen LogP contribution in [0.15, 0.2) is 0 Å². The summed E-state index contributed by atoms with van der Waals surface area (Å²) in [6.07, 6.45) is 15.1. The molecule has 0 rings (SSSR count). The van der Waals surface area contributed by atoms with E-state index in [1.165, 1.54) is 57.8 Å². The summed E-state index contributed by atoms with van der Waals surface area (Å²) in [5.74, 6) is -3.59. The molecular weight excluding hydrogens is 412 g/mol. The van der Waals surface area contributed by atoms with Crippen molar-refractivity contribution in [2.75, 3.05) is 0 Å². The topological polar surface area (TPSA) is 109 Å². The fourth-order valence-electron chi connectivity index (χ4n) is 2.93. The van der Waals surface area contributed by atoms with Gasteiger partial charge in [-0.05, 0) is 6.42 Å². The van der Waals surface area contributed by atoms with E-state index < -0.39 is 30.3 Å². The van der Waals surface area contributed by atoms with Crippen LogP contribution in [0.4, 0.5) is 0 Å². The number of hydrogen-bond acceptors (Lipinski definition) is 5. The van der Waals surface area contributed by atoms with Crippen LogP contribution in [0.2, 0.25) is 0 Å². The zero-order valence-electron chi connectivity index (χ0n) is 18.2. The first kappa shape index (κ1) is 34.3. The van der Waals surface area contributed by atoms with Gasteiger partial charge in [-0.15, -0.1) is 0 Å². The normalized spacial score (nSPS) is 11.0. The van der Waals surface area contributed by atoms with Crippen LogP contribution >= 0.6 is 0 Å². The molecule has 1 amide bonds. The fourth-order valence-corrected chi connectivity index (χ4v) is 2.93. The molecule has 0 spiro atoms. The van der Waals surface area contributed by atoms with E-state index in [0.717, 1.165) is 19.3 Å². The van der Waals surface area contributed by atoms with E-state index in [-0.39, 0.29) is 109 Å². The van der Waals surface area contributed by atoms with Crippen molar-refractivity contribution in [3.8, 4) is 0 Å². The molecule has 28 heavy (non-hydrogen) atoms. The summed E-state index contributed by atoms with van der Waals surface area (Å²) >= 11 is 0. The second-order valence-electron chi connectivity index (χ2n) is 7.01. The van der Waals surface area contributed by atoms with Crippen LogP contribution in [-0.4, -0.2) is 23.9 Å². The Morgan fingerprint density at radius 2 is 1.11 bits per heavy atom. The second-order valence-corrected chi connectivity index (χ2v) is 7.01. The maximum atomic E-state index is 11.6. The molecule has 0 aromatic rings. The van der Waals surface area contributed by atoms with Crippen molar-refractivity contribution in [1.82, 2.24) is 5.32 Å². The molecule has 0 aromatic heterocycles. The van der Waals surface area contributed by atoms with Crippen LogP contribution in [0.3, 0.4) is 0 Å². The summed E-state index contributed by atoms with van der Waals surface area (Å²) in [4.78, 5) is 32.8. The number of carbonyl (C=O) groups is 3. The van der Waals surface area contributed by atoms with Crippen molar-refractivity contribution in [1.29, 1.82) is 0 Å². The Kier molecular flexibility index (Phi) is 30.6. The van der Waals surface area contributed by atoms with E-state index in [9.17, 15) is 24.6 Å². The molecule has 0 aromatic carbocycles. The third kappa shape index (κ3) is 24.0. The number of amides is 1. The average molecular weight is 448 g/mol. The molecule has 0 bridgehead atoms. The Morgan fingerprint density at radius 1 is 0.714 bits per heavy atom. The van der Waals surface area contributed by atoms with Gasteiger partial charge in [0.15, 0.2) is 0 Å². The molecule has 0 radical (unpaired) electrons. The Labute approximate surface area is 255 Å². The van der Waals surface area contributed by atoms with E-state index in [1.54, 1.807) is 0 Å². The molecule has 0 aliphatic carbocycles. The van der Waals surface area contributed by atoms with Crippen molar-refractivity contribution < 1.29 is 127 Å². The molecule has 0 heterocycles. The Balaban J connectivity index is -0.00000312. The zero-order chi connectivity index (χ0) is 19.6. The Bertz CT molecular complexity index is 408.